The van der Waals surface area contributed by atoms with E-state index in [1.54, 1.807) is 12.1 Å². The predicted molar refractivity (Wildman–Crippen MR) is 82.1 cm³/mol. The summed E-state index contributed by atoms with van der Waals surface area (Å²) in [5.41, 5.74) is 2.32. The monoisotopic (exact) mass is 374 g/mol. The lowest BCUT2D eigenvalue weighted by molar-refractivity contribution is 0.464. The van der Waals surface area contributed by atoms with Crippen molar-refractivity contribution in [3.8, 4) is 5.75 Å². The molecule has 0 atom stereocenters. The molecule has 1 aromatic heterocycles. The predicted octanol–water partition coefficient (Wildman–Crippen LogP) is 3.97. The Bertz CT molecular complexity index is 575. The minimum atomic E-state index is 0.190. The smallest absolute Gasteiger partial charge is 0.138 e. The second kappa shape index (κ2) is 5.75. The van der Waals surface area contributed by atoms with Crippen LogP contribution in [0.4, 0.5) is 5.69 Å². The summed E-state index contributed by atoms with van der Waals surface area (Å²) in [4.78, 5) is 4.28. The maximum atomic E-state index is 9.69. The van der Waals surface area contributed by atoms with E-state index in [4.69, 9.17) is 11.6 Å². The highest BCUT2D eigenvalue weighted by Crippen LogP contribution is 2.25. The molecule has 1 aromatic carbocycles. The summed E-state index contributed by atoms with van der Waals surface area (Å²) in [7, 11) is 0. The number of aromatic hydroxyl groups is 1. The molecule has 5 heteroatoms. The SMILES string of the molecule is Cc1ccc(O)c(CNc2ccc(I)cc2Cl)n1. The largest absolute Gasteiger partial charge is 0.506 e. The van der Waals surface area contributed by atoms with Crippen molar-refractivity contribution in [3.05, 3.63) is 50.3 Å². The molecule has 2 N–H and O–H groups in total. The molecule has 0 bridgehead atoms. The first-order valence-corrected chi connectivity index (χ1v) is 6.86. The molecule has 0 aliphatic carbocycles. The van der Waals surface area contributed by atoms with Crippen molar-refractivity contribution in [2.45, 2.75) is 13.5 Å². The molecule has 0 aliphatic heterocycles. The zero-order chi connectivity index (χ0) is 13.1. The van der Waals surface area contributed by atoms with Crippen LogP contribution in [0.25, 0.3) is 0 Å². The Morgan fingerprint density at radius 1 is 1.33 bits per heavy atom. The quantitative estimate of drug-likeness (QED) is 0.799. The Morgan fingerprint density at radius 3 is 2.83 bits per heavy atom. The molecule has 2 aromatic rings. The number of anilines is 1. The number of hydrogen-bond acceptors (Lipinski definition) is 3. The normalized spacial score (nSPS) is 10.4. The van der Waals surface area contributed by atoms with E-state index in [0.29, 0.717) is 17.3 Å². The number of pyridine rings is 1. The van der Waals surface area contributed by atoms with Gasteiger partial charge in [0.1, 0.15) is 11.4 Å². The van der Waals surface area contributed by atoms with Gasteiger partial charge in [0.15, 0.2) is 0 Å². The van der Waals surface area contributed by atoms with Crippen LogP contribution in [-0.4, -0.2) is 10.1 Å². The van der Waals surface area contributed by atoms with Gasteiger partial charge >= 0.3 is 0 Å². The third-order valence-corrected chi connectivity index (χ3v) is 3.45. The van der Waals surface area contributed by atoms with Gasteiger partial charge in [0.2, 0.25) is 0 Å². The third-order valence-electron chi connectivity index (χ3n) is 2.47. The summed E-state index contributed by atoms with van der Waals surface area (Å²) in [6, 6.07) is 9.19. The molecule has 3 nitrogen and oxygen atoms in total. The van der Waals surface area contributed by atoms with E-state index >= 15 is 0 Å². The van der Waals surface area contributed by atoms with Crippen molar-refractivity contribution < 1.29 is 5.11 Å². The van der Waals surface area contributed by atoms with Crippen LogP contribution in [0.15, 0.2) is 30.3 Å². The van der Waals surface area contributed by atoms with E-state index in [2.05, 4.69) is 32.9 Å². The number of nitrogens with zero attached hydrogens (tertiary/aromatic N) is 1. The minimum absolute atomic E-state index is 0.190. The van der Waals surface area contributed by atoms with Crippen LogP contribution in [0.3, 0.4) is 0 Å². The molecule has 0 fully saturated rings. The van der Waals surface area contributed by atoms with Crippen molar-refractivity contribution in [3.63, 3.8) is 0 Å². The van der Waals surface area contributed by atoms with Gasteiger partial charge in [0.25, 0.3) is 0 Å². The summed E-state index contributed by atoms with van der Waals surface area (Å²) < 4.78 is 1.08. The molecule has 0 unspecified atom stereocenters. The Kier molecular flexibility index (Phi) is 4.29. The zero-order valence-corrected chi connectivity index (χ0v) is 12.7. The fourth-order valence-electron chi connectivity index (χ4n) is 1.55. The van der Waals surface area contributed by atoms with Crippen molar-refractivity contribution in [2.75, 3.05) is 5.32 Å². The summed E-state index contributed by atoms with van der Waals surface area (Å²) in [5, 5.41) is 13.5. The number of hydrogen-bond donors (Lipinski definition) is 2. The van der Waals surface area contributed by atoms with Gasteiger partial charge in [-0.25, -0.2) is 0 Å². The number of rotatable bonds is 3. The maximum Gasteiger partial charge on any atom is 0.138 e. The Hall–Kier alpha value is -1.01. The average Bonchev–Trinajstić information content (AvgIpc) is 2.32. The fraction of sp³-hybridized carbons (Fsp3) is 0.154. The number of nitrogens with one attached hydrogen (secondary N) is 1. The molecule has 2 rings (SSSR count). The molecular formula is C13H12ClIN2O. The number of aromatic nitrogens is 1. The Morgan fingerprint density at radius 2 is 2.11 bits per heavy atom. The molecule has 0 saturated heterocycles. The van der Waals surface area contributed by atoms with Gasteiger partial charge in [-0.1, -0.05) is 11.6 Å². The number of aryl methyl sites for hydroxylation is 1. The first-order valence-electron chi connectivity index (χ1n) is 5.40. The van der Waals surface area contributed by atoms with Crippen molar-refractivity contribution >= 4 is 39.9 Å². The maximum absolute atomic E-state index is 9.69. The fourth-order valence-corrected chi connectivity index (χ4v) is 2.47. The highest BCUT2D eigenvalue weighted by molar-refractivity contribution is 14.1. The van der Waals surface area contributed by atoms with Gasteiger partial charge in [0, 0.05) is 9.26 Å². The molecular weight excluding hydrogens is 363 g/mol. The van der Waals surface area contributed by atoms with Crippen molar-refractivity contribution in [1.29, 1.82) is 0 Å². The second-order valence-corrected chi connectivity index (χ2v) is 5.55. The first kappa shape index (κ1) is 13.4. The van der Waals surface area contributed by atoms with E-state index in [1.807, 2.05) is 25.1 Å². The van der Waals surface area contributed by atoms with Gasteiger partial charge in [0.05, 0.1) is 17.3 Å². The van der Waals surface area contributed by atoms with E-state index in [1.165, 1.54) is 0 Å². The number of benzene rings is 1. The Labute approximate surface area is 124 Å². The molecule has 0 amide bonds. The van der Waals surface area contributed by atoms with Gasteiger partial charge < -0.3 is 10.4 Å². The standard InChI is InChI=1S/C13H12ClIN2O/c1-8-2-5-13(18)12(17-8)7-16-11-4-3-9(15)6-10(11)14/h2-6,16,18H,7H2,1H3. The lowest BCUT2D eigenvalue weighted by Gasteiger charge is -2.10. The molecule has 1 heterocycles. The highest BCUT2D eigenvalue weighted by atomic mass is 127. The van der Waals surface area contributed by atoms with E-state index in [9.17, 15) is 5.11 Å². The molecule has 94 valence electrons. The van der Waals surface area contributed by atoms with Crippen LogP contribution in [0.2, 0.25) is 5.02 Å². The Balaban J connectivity index is 2.13. The van der Waals surface area contributed by atoms with Crippen LogP contribution in [0.5, 0.6) is 5.75 Å². The van der Waals surface area contributed by atoms with Crippen LogP contribution < -0.4 is 5.32 Å². The molecule has 0 spiro atoms. The summed E-state index contributed by atoms with van der Waals surface area (Å²) in [5.74, 6) is 0.190. The van der Waals surface area contributed by atoms with Crippen LogP contribution in [0, 0.1) is 10.5 Å². The van der Waals surface area contributed by atoms with E-state index < -0.39 is 0 Å². The topological polar surface area (TPSA) is 45.1 Å². The molecule has 0 radical (unpaired) electrons. The van der Waals surface area contributed by atoms with Crippen molar-refractivity contribution in [1.82, 2.24) is 4.98 Å². The highest BCUT2D eigenvalue weighted by Gasteiger charge is 2.05. The zero-order valence-electron chi connectivity index (χ0n) is 9.74. The van der Waals surface area contributed by atoms with Gasteiger partial charge in [-0.2, -0.15) is 0 Å². The molecule has 0 aliphatic rings. The van der Waals surface area contributed by atoms with Crippen molar-refractivity contribution in [2.24, 2.45) is 0 Å². The average molecular weight is 375 g/mol. The summed E-state index contributed by atoms with van der Waals surface area (Å²) in [6.07, 6.45) is 0. The van der Waals surface area contributed by atoms with E-state index in [-0.39, 0.29) is 5.75 Å². The summed E-state index contributed by atoms with van der Waals surface area (Å²) >= 11 is 8.32. The first-order chi connectivity index (χ1) is 8.56. The lowest BCUT2D eigenvalue weighted by atomic mass is 10.2. The van der Waals surface area contributed by atoms with Crippen LogP contribution in [0.1, 0.15) is 11.4 Å². The lowest BCUT2D eigenvalue weighted by Crippen LogP contribution is -2.03. The van der Waals surface area contributed by atoms with Gasteiger partial charge in [-0.3, -0.25) is 4.98 Å². The summed E-state index contributed by atoms with van der Waals surface area (Å²) in [6.45, 7) is 2.33. The van der Waals surface area contributed by atoms with Gasteiger partial charge in [-0.05, 0) is 59.8 Å². The van der Waals surface area contributed by atoms with E-state index in [0.717, 1.165) is 15.0 Å². The van der Waals surface area contributed by atoms with Crippen LogP contribution in [-0.2, 0) is 6.54 Å². The third kappa shape index (κ3) is 3.26. The molecule has 0 saturated carbocycles. The second-order valence-electron chi connectivity index (χ2n) is 3.90. The number of halogens is 2. The van der Waals surface area contributed by atoms with Gasteiger partial charge in [-0.15, -0.1) is 0 Å². The molecule has 18 heavy (non-hydrogen) atoms. The minimum Gasteiger partial charge on any atom is -0.506 e. The van der Waals surface area contributed by atoms with Crippen LogP contribution >= 0.6 is 34.2 Å².